The van der Waals surface area contributed by atoms with E-state index in [2.05, 4.69) is 0 Å². The summed E-state index contributed by atoms with van der Waals surface area (Å²) in [5.74, 6) is 2.72. The second-order valence-electron chi connectivity index (χ2n) is 9.73. The molecule has 6 heteroatoms. The minimum absolute atomic E-state index is 0.00489. The molecule has 2 heterocycles. The van der Waals surface area contributed by atoms with Crippen molar-refractivity contribution >= 4 is 17.7 Å². The van der Waals surface area contributed by atoms with Crippen LogP contribution < -0.4 is 0 Å². The van der Waals surface area contributed by atoms with Crippen LogP contribution in [0.15, 0.2) is 0 Å². The number of likely N-dealkylation sites (N-methyl/N-ethyl adjacent to an activating group) is 1. The van der Waals surface area contributed by atoms with E-state index in [1.165, 1.54) is 43.4 Å². The predicted octanol–water partition coefficient (Wildman–Crippen LogP) is 1.10. The molecule has 6 rings (SSSR count). The predicted molar refractivity (Wildman–Crippen MR) is 94.9 cm³/mol. The summed E-state index contributed by atoms with van der Waals surface area (Å²) < 4.78 is 0. The van der Waals surface area contributed by atoms with E-state index in [9.17, 15) is 14.4 Å². The van der Waals surface area contributed by atoms with Crippen molar-refractivity contribution < 1.29 is 14.4 Å². The molecule has 4 aliphatic carbocycles. The Morgan fingerprint density at radius 3 is 2.27 bits per heavy atom. The number of amides is 3. The molecule has 4 bridgehead atoms. The Morgan fingerprint density at radius 2 is 1.65 bits per heavy atom. The van der Waals surface area contributed by atoms with Crippen molar-refractivity contribution in [2.75, 3.05) is 33.2 Å². The largest absolute Gasteiger partial charge is 0.338 e. The summed E-state index contributed by atoms with van der Waals surface area (Å²) in [6, 6.07) is -0.477. The SMILES string of the molecule is CN1CC(=O)N2CCN(C(=O)CC34CC5CC(CC(C5)C3)C4)C[C@@H]2C1=O. The number of carbonyl (C=O) groups is 3. The summed E-state index contributed by atoms with van der Waals surface area (Å²) in [5, 5.41) is 0. The lowest BCUT2D eigenvalue weighted by Crippen LogP contribution is -2.66. The van der Waals surface area contributed by atoms with Crippen LogP contribution in [-0.4, -0.2) is 71.7 Å². The normalized spacial score (nSPS) is 41.7. The molecule has 1 atom stereocenters. The summed E-state index contributed by atoms with van der Waals surface area (Å²) in [7, 11) is 1.67. The second-order valence-corrected chi connectivity index (χ2v) is 9.73. The summed E-state index contributed by atoms with van der Waals surface area (Å²) >= 11 is 0. The molecule has 2 saturated heterocycles. The molecule has 26 heavy (non-hydrogen) atoms. The lowest BCUT2D eigenvalue weighted by molar-refractivity contribution is -0.161. The van der Waals surface area contributed by atoms with Gasteiger partial charge in [0, 0.05) is 26.6 Å². The van der Waals surface area contributed by atoms with Crippen molar-refractivity contribution in [2.45, 2.75) is 51.0 Å². The molecular formula is C20H29N3O3. The number of rotatable bonds is 2. The van der Waals surface area contributed by atoms with Crippen LogP contribution in [0.5, 0.6) is 0 Å². The molecule has 0 aromatic carbocycles. The zero-order chi connectivity index (χ0) is 18.1. The summed E-state index contributed by atoms with van der Waals surface area (Å²) in [6.07, 6.45) is 8.50. The minimum Gasteiger partial charge on any atom is -0.338 e. The number of fused-ring (bicyclic) bond motifs is 1. The van der Waals surface area contributed by atoms with Gasteiger partial charge in [-0.25, -0.2) is 0 Å². The van der Waals surface area contributed by atoms with Crippen LogP contribution in [0.2, 0.25) is 0 Å². The van der Waals surface area contributed by atoms with Gasteiger partial charge in [0.2, 0.25) is 17.7 Å². The average molecular weight is 359 g/mol. The maximum Gasteiger partial charge on any atom is 0.247 e. The number of hydrogen-bond acceptors (Lipinski definition) is 3. The van der Waals surface area contributed by atoms with Crippen LogP contribution in [0.25, 0.3) is 0 Å². The Balaban J connectivity index is 1.28. The van der Waals surface area contributed by atoms with Crippen LogP contribution in [0.4, 0.5) is 0 Å². The van der Waals surface area contributed by atoms with Gasteiger partial charge in [0.15, 0.2) is 0 Å². The summed E-state index contributed by atoms with van der Waals surface area (Å²) in [5.41, 5.74) is 0.228. The van der Waals surface area contributed by atoms with E-state index in [0.717, 1.165) is 17.8 Å². The van der Waals surface area contributed by atoms with Gasteiger partial charge in [-0.05, 0) is 61.7 Å². The minimum atomic E-state index is -0.477. The highest BCUT2D eigenvalue weighted by Gasteiger charge is 2.52. The Morgan fingerprint density at radius 1 is 1.04 bits per heavy atom. The number of carbonyl (C=O) groups excluding carboxylic acids is 3. The van der Waals surface area contributed by atoms with E-state index in [-0.39, 0.29) is 29.7 Å². The highest BCUT2D eigenvalue weighted by molar-refractivity contribution is 5.95. The zero-order valence-electron chi connectivity index (χ0n) is 15.7. The molecule has 4 saturated carbocycles. The molecule has 0 spiro atoms. The smallest absolute Gasteiger partial charge is 0.247 e. The Bertz CT molecular complexity index is 625. The van der Waals surface area contributed by atoms with Gasteiger partial charge in [-0.1, -0.05) is 0 Å². The Labute approximate surface area is 154 Å². The molecule has 0 aromatic heterocycles. The summed E-state index contributed by atoms with van der Waals surface area (Å²) in [6.45, 7) is 1.61. The van der Waals surface area contributed by atoms with Crippen molar-refractivity contribution in [3.05, 3.63) is 0 Å². The molecule has 0 N–H and O–H groups in total. The first-order chi connectivity index (χ1) is 12.4. The number of piperazine rings is 2. The van der Waals surface area contributed by atoms with Gasteiger partial charge in [0.25, 0.3) is 0 Å². The second kappa shape index (κ2) is 5.70. The molecule has 0 radical (unpaired) electrons. The fraction of sp³-hybridized carbons (Fsp3) is 0.850. The molecule has 3 amide bonds. The van der Waals surface area contributed by atoms with E-state index in [1.807, 2.05) is 4.90 Å². The topological polar surface area (TPSA) is 60.9 Å². The van der Waals surface area contributed by atoms with Crippen molar-refractivity contribution in [3.8, 4) is 0 Å². The highest BCUT2D eigenvalue weighted by atomic mass is 16.2. The van der Waals surface area contributed by atoms with E-state index in [1.54, 1.807) is 11.9 Å². The standard InChI is InChI=1S/C20H29N3O3/c1-21-12-18(25)23-3-2-22(11-16(23)19(21)26)17(24)10-20-7-13-4-14(8-20)6-15(5-13)9-20/h13-16H,2-12H2,1H3/t13?,14?,15?,16-,20?/m1/s1. The maximum atomic E-state index is 13.1. The maximum absolute atomic E-state index is 13.1. The van der Waals surface area contributed by atoms with Crippen LogP contribution in [0.1, 0.15) is 44.9 Å². The van der Waals surface area contributed by atoms with Crippen molar-refractivity contribution in [2.24, 2.45) is 23.2 Å². The van der Waals surface area contributed by atoms with E-state index in [4.69, 9.17) is 0 Å². The highest BCUT2D eigenvalue weighted by Crippen LogP contribution is 2.61. The van der Waals surface area contributed by atoms with Crippen molar-refractivity contribution in [1.82, 2.24) is 14.7 Å². The molecule has 6 nitrogen and oxygen atoms in total. The van der Waals surface area contributed by atoms with Crippen molar-refractivity contribution in [3.63, 3.8) is 0 Å². The molecule has 0 unspecified atom stereocenters. The summed E-state index contributed by atoms with van der Waals surface area (Å²) in [4.78, 5) is 42.8. The Kier molecular flexibility index (Phi) is 3.63. The lowest BCUT2D eigenvalue weighted by atomic mass is 9.49. The third kappa shape index (κ3) is 2.55. The number of hydrogen-bond donors (Lipinski definition) is 0. The van der Waals surface area contributed by atoms with Gasteiger partial charge in [0.1, 0.15) is 6.04 Å². The third-order valence-corrected chi connectivity index (χ3v) is 7.78. The van der Waals surface area contributed by atoms with Crippen molar-refractivity contribution in [1.29, 1.82) is 0 Å². The first kappa shape index (κ1) is 16.6. The van der Waals surface area contributed by atoms with E-state index in [0.29, 0.717) is 26.1 Å². The van der Waals surface area contributed by atoms with Crippen LogP contribution in [-0.2, 0) is 14.4 Å². The zero-order valence-corrected chi connectivity index (χ0v) is 15.7. The quantitative estimate of drug-likeness (QED) is 0.742. The van der Waals surface area contributed by atoms with E-state index >= 15 is 0 Å². The van der Waals surface area contributed by atoms with Gasteiger partial charge in [-0.3, -0.25) is 14.4 Å². The van der Waals surface area contributed by atoms with Gasteiger partial charge < -0.3 is 14.7 Å². The third-order valence-electron chi connectivity index (χ3n) is 7.78. The molecule has 0 aromatic rings. The first-order valence-electron chi connectivity index (χ1n) is 10.2. The molecule has 2 aliphatic heterocycles. The Hall–Kier alpha value is -1.59. The van der Waals surface area contributed by atoms with Gasteiger partial charge >= 0.3 is 0 Å². The van der Waals surface area contributed by atoms with Crippen LogP contribution >= 0.6 is 0 Å². The lowest BCUT2D eigenvalue weighted by Gasteiger charge is -2.57. The van der Waals surface area contributed by atoms with E-state index < -0.39 is 6.04 Å². The molecule has 6 fully saturated rings. The number of nitrogens with zero attached hydrogens (tertiary/aromatic N) is 3. The van der Waals surface area contributed by atoms with Crippen LogP contribution in [0.3, 0.4) is 0 Å². The molecule has 6 aliphatic rings. The van der Waals surface area contributed by atoms with Crippen LogP contribution in [0, 0.1) is 23.2 Å². The molecule has 142 valence electrons. The fourth-order valence-corrected chi connectivity index (χ4v) is 7.08. The fourth-order valence-electron chi connectivity index (χ4n) is 7.08. The first-order valence-corrected chi connectivity index (χ1v) is 10.2. The average Bonchev–Trinajstić information content (AvgIpc) is 2.57. The van der Waals surface area contributed by atoms with Gasteiger partial charge in [0.05, 0.1) is 13.1 Å². The van der Waals surface area contributed by atoms with Gasteiger partial charge in [-0.15, -0.1) is 0 Å². The molecular weight excluding hydrogens is 330 g/mol. The van der Waals surface area contributed by atoms with Gasteiger partial charge in [-0.2, -0.15) is 0 Å². The monoisotopic (exact) mass is 359 g/mol.